The number of ether oxygens (including phenoxy) is 1. The van der Waals surface area contributed by atoms with Gasteiger partial charge in [-0.3, -0.25) is 0 Å². The highest BCUT2D eigenvalue weighted by molar-refractivity contribution is 5.74. The van der Waals surface area contributed by atoms with Crippen LogP contribution in [0.2, 0.25) is 0 Å². The lowest BCUT2D eigenvalue weighted by Crippen LogP contribution is -2.52. The summed E-state index contributed by atoms with van der Waals surface area (Å²) in [6, 6.07) is 5.93. The standard InChI is InChI=1S/C20H27N5O2/c1-15-13-17(3)18(14-16(15)2)27-12-7-23-20(26)25-10-8-24(9-11-25)19-21-5-4-6-22-19/h4-6,13-14H,7-12H2,1-3H3,(H,23,26). The van der Waals surface area contributed by atoms with Gasteiger partial charge in [-0.1, -0.05) is 6.07 Å². The number of piperazine rings is 1. The Morgan fingerprint density at radius 2 is 1.70 bits per heavy atom. The summed E-state index contributed by atoms with van der Waals surface area (Å²) in [5.41, 5.74) is 3.58. The molecule has 2 amide bonds. The maximum Gasteiger partial charge on any atom is 0.317 e. The Hall–Kier alpha value is -2.83. The first-order valence-electron chi connectivity index (χ1n) is 9.30. The lowest BCUT2D eigenvalue weighted by atomic mass is 10.1. The molecule has 1 aliphatic rings. The van der Waals surface area contributed by atoms with Crippen LogP contribution in [-0.4, -0.2) is 60.2 Å². The van der Waals surface area contributed by atoms with E-state index in [-0.39, 0.29) is 6.03 Å². The van der Waals surface area contributed by atoms with Gasteiger partial charge in [0.2, 0.25) is 5.95 Å². The third-order valence-corrected chi connectivity index (χ3v) is 4.83. The van der Waals surface area contributed by atoms with Crippen LogP contribution in [0.25, 0.3) is 0 Å². The van der Waals surface area contributed by atoms with Crippen molar-refractivity contribution >= 4 is 12.0 Å². The lowest BCUT2D eigenvalue weighted by Gasteiger charge is -2.34. The zero-order valence-electron chi connectivity index (χ0n) is 16.2. The van der Waals surface area contributed by atoms with E-state index in [0.29, 0.717) is 26.2 Å². The van der Waals surface area contributed by atoms with E-state index in [1.807, 2.05) is 11.8 Å². The third kappa shape index (κ3) is 4.87. The van der Waals surface area contributed by atoms with Crippen LogP contribution in [0.1, 0.15) is 16.7 Å². The van der Waals surface area contributed by atoms with Crippen molar-refractivity contribution < 1.29 is 9.53 Å². The second kappa shape index (κ2) is 8.70. The van der Waals surface area contributed by atoms with Crippen molar-refractivity contribution in [3.05, 3.63) is 47.3 Å². The van der Waals surface area contributed by atoms with Crippen molar-refractivity contribution in [1.29, 1.82) is 0 Å². The maximum absolute atomic E-state index is 12.3. The molecule has 0 spiro atoms. The SMILES string of the molecule is Cc1cc(C)c(OCCNC(=O)N2CCN(c3ncccn3)CC2)cc1C. The first kappa shape index (κ1) is 18.9. The number of nitrogens with zero attached hydrogens (tertiary/aromatic N) is 4. The van der Waals surface area contributed by atoms with Crippen LogP contribution < -0.4 is 15.0 Å². The quantitative estimate of drug-likeness (QED) is 0.819. The molecule has 2 aromatic rings. The maximum atomic E-state index is 12.3. The first-order valence-corrected chi connectivity index (χ1v) is 9.30. The van der Waals surface area contributed by atoms with Gasteiger partial charge in [-0.25, -0.2) is 14.8 Å². The van der Waals surface area contributed by atoms with Crippen LogP contribution >= 0.6 is 0 Å². The van der Waals surface area contributed by atoms with Gasteiger partial charge in [0.1, 0.15) is 12.4 Å². The lowest BCUT2D eigenvalue weighted by molar-refractivity contribution is 0.191. The molecule has 7 nitrogen and oxygen atoms in total. The second-order valence-electron chi connectivity index (χ2n) is 6.81. The average molecular weight is 369 g/mol. The molecule has 3 rings (SSSR count). The van der Waals surface area contributed by atoms with Crippen molar-refractivity contribution in [3.8, 4) is 5.75 Å². The Balaban J connectivity index is 1.40. The molecule has 1 aliphatic heterocycles. The van der Waals surface area contributed by atoms with E-state index in [4.69, 9.17) is 4.74 Å². The van der Waals surface area contributed by atoms with Crippen LogP contribution in [0.3, 0.4) is 0 Å². The zero-order chi connectivity index (χ0) is 19.2. The van der Waals surface area contributed by atoms with Crippen LogP contribution in [0.15, 0.2) is 30.6 Å². The molecule has 0 radical (unpaired) electrons. The van der Waals surface area contributed by atoms with Crippen molar-refractivity contribution in [2.24, 2.45) is 0 Å². The number of hydrogen-bond acceptors (Lipinski definition) is 5. The van der Waals surface area contributed by atoms with Gasteiger partial charge in [-0.05, 0) is 49.6 Å². The molecule has 0 unspecified atom stereocenters. The van der Waals surface area contributed by atoms with Gasteiger partial charge in [0.05, 0.1) is 6.54 Å². The van der Waals surface area contributed by atoms with E-state index in [9.17, 15) is 4.79 Å². The van der Waals surface area contributed by atoms with E-state index in [2.05, 4.69) is 46.2 Å². The second-order valence-corrected chi connectivity index (χ2v) is 6.81. The van der Waals surface area contributed by atoms with Crippen molar-refractivity contribution in [2.45, 2.75) is 20.8 Å². The van der Waals surface area contributed by atoms with E-state index < -0.39 is 0 Å². The minimum absolute atomic E-state index is 0.0518. The Bertz CT molecular complexity index is 773. The minimum Gasteiger partial charge on any atom is -0.491 e. The van der Waals surface area contributed by atoms with Crippen molar-refractivity contribution in [1.82, 2.24) is 20.2 Å². The molecule has 0 saturated carbocycles. The molecule has 27 heavy (non-hydrogen) atoms. The summed E-state index contributed by atoms with van der Waals surface area (Å²) in [4.78, 5) is 24.8. The minimum atomic E-state index is -0.0518. The fourth-order valence-electron chi connectivity index (χ4n) is 3.08. The number of nitrogens with one attached hydrogen (secondary N) is 1. The molecule has 2 heterocycles. The fourth-order valence-corrected chi connectivity index (χ4v) is 3.08. The van der Waals surface area contributed by atoms with Gasteiger partial charge in [-0.2, -0.15) is 0 Å². The number of aromatic nitrogens is 2. The van der Waals surface area contributed by atoms with E-state index in [0.717, 1.165) is 30.4 Å². The number of hydrogen-bond donors (Lipinski definition) is 1. The molecule has 1 aromatic carbocycles. The molecular weight excluding hydrogens is 342 g/mol. The average Bonchev–Trinajstić information content (AvgIpc) is 2.69. The molecule has 144 valence electrons. The van der Waals surface area contributed by atoms with Crippen LogP contribution in [0.5, 0.6) is 5.75 Å². The number of benzene rings is 1. The van der Waals surface area contributed by atoms with Crippen LogP contribution in [0.4, 0.5) is 10.7 Å². The van der Waals surface area contributed by atoms with Gasteiger partial charge >= 0.3 is 6.03 Å². The number of urea groups is 1. The normalized spacial score (nSPS) is 14.2. The summed E-state index contributed by atoms with van der Waals surface area (Å²) < 4.78 is 5.83. The predicted octanol–water partition coefficient (Wildman–Crippen LogP) is 2.31. The monoisotopic (exact) mass is 369 g/mol. The van der Waals surface area contributed by atoms with Gasteiger partial charge in [0.15, 0.2) is 0 Å². The van der Waals surface area contributed by atoms with Crippen LogP contribution in [0, 0.1) is 20.8 Å². The number of carbonyl (C=O) groups excluding carboxylic acids is 1. The summed E-state index contributed by atoms with van der Waals surface area (Å²) in [5.74, 6) is 1.60. The molecule has 1 saturated heterocycles. The number of anilines is 1. The van der Waals surface area contributed by atoms with Gasteiger partial charge in [0, 0.05) is 38.6 Å². The van der Waals surface area contributed by atoms with Crippen molar-refractivity contribution in [3.63, 3.8) is 0 Å². The third-order valence-electron chi connectivity index (χ3n) is 4.83. The number of amides is 2. The molecule has 7 heteroatoms. The Labute approximate surface area is 160 Å². The van der Waals surface area contributed by atoms with E-state index in [1.54, 1.807) is 18.5 Å². The fraction of sp³-hybridized carbons (Fsp3) is 0.450. The molecular formula is C20H27N5O2. The molecule has 0 atom stereocenters. The van der Waals surface area contributed by atoms with Gasteiger partial charge in [-0.15, -0.1) is 0 Å². The Morgan fingerprint density at radius 3 is 2.41 bits per heavy atom. The highest BCUT2D eigenvalue weighted by atomic mass is 16.5. The summed E-state index contributed by atoms with van der Waals surface area (Å²) >= 11 is 0. The van der Waals surface area contributed by atoms with Gasteiger partial charge < -0.3 is 19.9 Å². The largest absolute Gasteiger partial charge is 0.491 e. The zero-order valence-corrected chi connectivity index (χ0v) is 16.2. The smallest absolute Gasteiger partial charge is 0.317 e. The van der Waals surface area contributed by atoms with Crippen LogP contribution in [-0.2, 0) is 0 Å². The first-order chi connectivity index (χ1) is 13.0. The van der Waals surface area contributed by atoms with E-state index >= 15 is 0 Å². The Morgan fingerprint density at radius 1 is 1.04 bits per heavy atom. The molecule has 0 aliphatic carbocycles. The molecule has 0 bridgehead atoms. The highest BCUT2D eigenvalue weighted by Crippen LogP contribution is 2.22. The van der Waals surface area contributed by atoms with E-state index in [1.165, 1.54) is 11.1 Å². The summed E-state index contributed by atoms with van der Waals surface area (Å²) in [5, 5.41) is 2.93. The number of carbonyl (C=O) groups is 1. The molecule has 1 N–H and O–H groups in total. The van der Waals surface area contributed by atoms with Gasteiger partial charge in [0.25, 0.3) is 0 Å². The van der Waals surface area contributed by atoms with Crippen molar-refractivity contribution in [2.75, 3.05) is 44.2 Å². The molecule has 1 fully saturated rings. The summed E-state index contributed by atoms with van der Waals surface area (Å²) in [7, 11) is 0. The number of rotatable bonds is 5. The number of aryl methyl sites for hydroxylation is 3. The summed E-state index contributed by atoms with van der Waals surface area (Å²) in [6.45, 7) is 9.91. The predicted molar refractivity (Wildman–Crippen MR) is 105 cm³/mol. The topological polar surface area (TPSA) is 70.6 Å². The highest BCUT2D eigenvalue weighted by Gasteiger charge is 2.22. The summed E-state index contributed by atoms with van der Waals surface area (Å²) in [6.07, 6.45) is 3.47. The Kier molecular flexibility index (Phi) is 6.11. The molecule has 1 aromatic heterocycles.